The van der Waals surface area contributed by atoms with Crippen LogP contribution in [0.4, 0.5) is 22.7 Å². The molecule has 3 aromatic carbocycles. The fourth-order valence-electron chi connectivity index (χ4n) is 5.43. The molecular formula is C25H22BN4+. The largest absolute Gasteiger partial charge is 0.643 e. The van der Waals surface area contributed by atoms with Crippen molar-refractivity contribution in [2.75, 3.05) is 9.62 Å². The number of para-hydroxylation sites is 3. The van der Waals surface area contributed by atoms with Gasteiger partial charge >= 0.3 is 7.12 Å². The van der Waals surface area contributed by atoms with Crippen molar-refractivity contribution in [1.82, 2.24) is 4.57 Å². The maximum atomic E-state index is 2.54. The van der Waals surface area contributed by atoms with Gasteiger partial charge in [0.05, 0.1) is 22.6 Å². The van der Waals surface area contributed by atoms with Crippen molar-refractivity contribution in [2.24, 2.45) is 0 Å². The summed E-state index contributed by atoms with van der Waals surface area (Å²) in [4.78, 5) is 5.01. The Kier molecular flexibility index (Phi) is 3.03. The molecule has 0 saturated carbocycles. The van der Waals surface area contributed by atoms with Gasteiger partial charge in [0.2, 0.25) is 0 Å². The van der Waals surface area contributed by atoms with Crippen LogP contribution in [-0.2, 0) is 6.54 Å². The average Bonchev–Trinajstić information content (AvgIpc) is 3.43. The van der Waals surface area contributed by atoms with Crippen LogP contribution in [0, 0.1) is 0 Å². The predicted molar refractivity (Wildman–Crippen MR) is 122 cm³/mol. The van der Waals surface area contributed by atoms with E-state index in [1.54, 1.807) is 0 Å². The summed E-state index contributed by atoms with van der Waals surface area (Å²) in [5, 5.41) is 0. The molecule has 0 aliphatic carbocycles. The minimum absolute atomic E-state index is 0.0573. The Morgan fingerprint density at radius 3 is 2.37 bits per heavy atom. The van der Waals surface area contributed by atoms with Crippen LogP contribution in [0.25, 0.3) is 11.4 Å². The van der Waals surface area contributed by atoms with Crippen molar-refractivity contribution >= 4 is 29.9 Å². The monoisotopic (exact) mass is 389 g/mol. The van der Waals surface area contributed by atoms with Crippen LogP contribution in [0.5, 0.6) is 0 Å². The Morgan fingerprint density at radius 2 is 1.60 bits per heavy atom. The fourth-order valence-corrected chi connectivity index (χ4v) is 5.43. The molecule has 30 heavy (non-hydrogen) atoms. The molecule has 0 spiro atoms. The summed E-state index contributed by atoms with van der Waals surface area (Å²) in [6.07, 6.45) is 4.49. The molecule has 0 bridgehead atoms. The molecule has 0 fully saturated rings. The normalized spacial score (nSPS) is 15.0. The van der Waals surface area contributed by atoms with E-state index in [9.17, 15) is 0 Å². The summed E-state index contributed by atoms with van der Waals surface area (Å²) in [6.45, 7) is 5.54. The number of nitrogens with zero attached hydrogens (tertiary/aromatic N) is 4. The quantitative estimate of drug-likeness (QED) is 0.392. The van der Waals surface area contributed by atoms with Gasteiger partial charge < -0.3 is 9.62 Å². The first-order valence-corrected chi connectivity index (χ1v) is 10.7. The van der Waals surface area contributed by atoms with Crippen LogP contribution in [-0.4, -0.2) is 11.7 Å². The standard InChI is InChI=1S/C25H22BN4/c1-17(2)18-14-19-16-27-12-13-28-25(27)24(19)23(15-18)30-22-11-7-6-10-21(22)29(26(28)30)20-8-4-3-5-9-20/h3-15,17H,16H2,1-2H3/q+1. The number of hydrogen-bond acceptors (Lipinski definition) is 2. The van der Waals surface area contributed by atoms with Crippen molar-refractivity contribution in [3.63, 3.8) is 0 Å². The van der Waals surface area contributed by atoms with Gasteiger partial charge in [0.25, 0.3) is 5.82 Å². The number of hydrogen-bond donors (Lipinski definition) is 0. The maximum Gasteiger partial charge on any atom is 0.643 e. The number of aromatic nitrogens is 2. The van der Waals surface area contributed by atoms with Crippen molar-refractivity contribution in [1.29, 1.82) is 0 Å². The summed E-state index contributed by atoms with van der Waals surface area (Å²) < 4.78 is 4.85. The van der Waals surface area contributed by atoms with Crippen LogP contribution < -0.4 is 14.1 Å². The second-order valence-corrected chi connectivity index (χ2v) is 8.80. The minimum Gasteiger partial charge on any atom is -0.320 e. The molecule has 0 radical (unpaired) electrons. The highest BCUT2D eigenvalue weighted by Gasteiger charge is 2.56. The molecule has 144 valence electrons. The van der Waals surface area contributed by atoms with Gasteiger partial charge in [0.1, 0.15) is 18.9 Å². The number of fused-ring (bicyclic) bond motifs is 5. The lowest BCUT2D eigenvalue weighted by atomic mass is 9.81. The van der Waals surface area contributed by atoms with Gasteiger partial charge in [0, 0.05) is 11.3 Å². The highest BCUT2D eigenvalue weighted by Crippen LogP contribution is 2.52. The molecule has 3 aliphatic rings. The molecule has 4 aromatic rings. The zero-order chi connectivity index (χ0) is 20.0. The molecule has 3 aliphatic heterocycles. The first-order chi connectivity index (χ1) is 14.7. The van der Waals surface area contributed by atoms with Crippen molar-refractivity contribution in [3.8, 4) is 11.4 Å². The van der Waals surface area contributed by atoms with E-state index < -0.39 is 0 Å². The molecule has 7 rings (SSSR count). The lowest BCUT2D eigenvalue weighted by Gasteiger charge is -2.31. The Bertz CT molecular complexity index is 1320. The second-order valence-electron chi connectivity index (χ2n) is 8.80. The zero-order valence-electron chi connectivity index (χ0n) is 17.2. The molecular weight excluding hydrogens is 367 g/mol. The number of anilines is 4. The molecule has 1 aromatic heterocycles. The Hall–Kier alpha value is -3.47. The Labute approximate surface area is 176 Å². The van der Waals surface area contributed by atoms with E-state index in [1.165, 1.54) is 45.3 Å². The molecule has 0 saturated heterocycles. The third-order valence-corrected chi connectivity index (χ3v) is 6.78. The van der Waals surface area contributed by atoms with Gasteiger partial charge in [0.15, 0.2) is 0 Å². The number of benzene rings is 3. The third kappa shape index (κ3) is 1.90. The number of rotatable bonds is 2. The summed E-state index contributed by atoms with van der Waals surface area (Å²) in [7, 11) is 0.0573. The smallest absolute Gasteiger partial charge is 0.320 e. The lowest BCUT2D eigenvalue weighted by molar-refractivity contribution is -0.526. The van der Waals surface area contributed by atoms with Gasteiger partial charge in [-0.3, -0.25) is 4.48 Å². The van der Waals surface area contributed by atoms with E-state index in [0.717, 1.165) is 6.54 Å². The first kappa shape index (κ1) is 16.3. The van der Waals surface area contributed by atoms with Gasteiger partial charge in [-0.1, -0.05) is 50.2 Å². The van der Waals surface area contributed by atoms with Crippen LogP contribution in [0.15, 0.2) is 79.1 Å². The van der Waals surface area contributed by atoms with Crippen LogP contribution in [0.1, 0.15) is 30.9 Å². The lowest BCUT2D eigenvalue weighted by Crippen LogP contribution is -2.68. The predicted octanol–water partition coefficient (Wildman–Crippen LogP) is 5.06. The van der Waals surface area contributed by atoms with E-state index in [-0.39, 0.29) is 7.12 Å². The van der Waals surface area contributed by atoms with Crippen LogP contribution in [0.3, 0.4) is 0 Å². The van der Waals surface area contributed by atoms with E-state index in [1.807, 2.05) is 0 Å². The van der Waals surface area contributed by atoms with Crippen molar-refractivity contribution < 1.29 is 4.48 Å². The van der Waals surface area contributed by atoms with Crippen molar-refractivity contribution in [2.45, 2.75) is 26.3 Å². The summed E-state index contributed by atoms with van der Waals surface area (Å²) in [5.41, 5.74) is 9.32. The van der Waals surface area contributed by atoms with E-state index >= 15 is 0 Å². The summed E-state index contributed by atoms with van der Waals surface area (Å²) in [5.74, 6) is 1.83. The SMILES string of the molecule is CC(C)c1cc2c3c(c1)N1B(N(c4ccccc4)c4ccccc41)[n+]1ccn(c1-3)C2. The highest BCUT2D eigenvalue weighted by molar-refractivity contribution is 6.66. The minimum atomic E-state index is 0.0573. The Morgan fingerprint density at radius 1 is 0.867 bits per heavy atom. The van der Waals surface area contributed by atoms with E-state index in [4.69, 9.17) is 0 Å². The van der Waals surface area contributed by atoms with Gasteiger partial charge in [-0.25, -0.2) is 4.57 Å². The average molecular weight is 389 g/mol. The van der Waals surface area contributed by atoms with E-state index in [2.05, 4.69) is 112 Å². The van der Waals surface area contributed by atoms with E-state index in [0.29, 0.717) is 5.92 Å². The summed E-state index contributed by atoms with van der Waals surface area (Å²) in [6, 6.07) is 24.4. The Balaban J connectivity index is 1.57. The van der Waals surface area contributed by atoms with Gasteiger partial charge in [-0.15, -0.1) is 0 Å². The molecule has 4 nitrogen and oxygen atoms in total. The highest BCUT2D eigenvalue weighted by atomic mass is 15.4. The first-order valence-electron chi connectivity index (χ1n) is 10.7. The van der Waals surface area contributed by atoms with Gasteiger partial charge in [-0.05, 0) is 41.8 Å². The fraction of sp³-hybridized carbons (Fsp3) is 0.160. The topological polar surface area (TPSA) is 15.3 Å². The number of imidazole rings is 1. The maximum absolute atomic E-state index is 2.54. The molecule has 4 heterocycles. The molecule has 0 N–H and O–H groups in total. The molecule has 5 heteroatoms. The van der Waals surface area contributed by atoms with Crippen LogP contribution >= 0.6 is 0 Å². The summed E-state index contributed by atoms with van der Waals surface area (Å²) >= 11 is 0. The van der Waals surface area contributed by atoms with Crippen molar-refractivity contribution in [3.05, 3.63) is 90.3 Å². The molecule has 0 atom stereocenters. The van der Waals surface area contributed by atoms with Gasteiger partial charge in [-0.2, -0.15) is 0 Å². The second kappa shape index (κ2) is 5.57. The zero-order valence-corrected chi connectivity index (χ0v) is 17.2. The third-order valence-electron chi connectivity index (χ3n) is 6.78. The molecule has 0 unspecified atom stereocenters. The molecule has 0 amide bonds. The van der Waals surface area contributed by atoms with Crippen LogP contribution in [0.2, 0.25) is 0 Å².